The third-order valence-electron chi connectivity index (χ3n) is 6.90. The number of rotatable bonds is 2. The monoisotopic (exact) mass is 463 g/mol. The van der Waals surface area contributed by atoms with E-state index in [1.807, 2.05) is 65.2 Å². The first-order valence-electron chi connectivity index (χ1n) is 11.9. The van der Waals surface area contributed by atoms with Crippen molar-refractivity contribution < 1.29 is 8.82 Å². The molecule has 0 aliphatic rings. The van der Waals surface area contributed by atoms with Crippen molar-refractivity contribution in [3.05, 3.63) is 115 Å². The lowest BCUT2D eigenvalue weighted by atomic mass is 10.1. The zero-order chi connectivity index (χ0) is 23.6. The van der Waals surface area contributed by atoms with E-state index in [1.165, 1.54) is 0 Å². The van der Waals surface area contributed by atoms with Gasteiger partial charge >= 0.3 is 5.95 Å². The smallest absolute Gasteiger partial charge is 0.387 e. The summed E-state index contributed by atoms with van der Waals surface area (Å²) in [5.74, 6) is 1.44. The Bertz CT molecular complexity index is 2100. The SMILES string of the molecule is c1ccc(-c2nc(-n3c4ccccc4c4ccc5c6ccccc6oc5c43)nc3cccc[n+]23)cc1. The molecular weight excluding hydrogens is 444 g/mol. The quantitative estimate of drug-likeness (QED) is 0.263. The fourth-order valence-corrected chi connectivity index (χ4v) is 5.31. The summed E-state index contributed by atoms with van der Waals surface area (Å²) >= 11 is 0. The van der Waals surface area contributed by atoms with Crippen LogP contribution in [0.2, 0.25) is 0 Å². The molecule has 4 aromatic heterocycles. The summed E-state index contributed by atoms with van der Waals surface area (Å²) < 4.78 is 10.7. The van der Waals surface area contributed by atoms with Crippen molar-refractivity contribution in [2.45, 2.75) is 0 Å². The summed E-state index contributed by atoms with van der Waals surface area (Å²) in [6.07, 6.45) is 2.00. The summed E-state index contributed by atoms with van der Waals surface area (Å²) in [5, 5.41) is 4.44. The molecule has 0 N–H and O–H groups in total. The molecule has 0 atom stereocenters. The highest BCUT2D eigenvalue weighted by Gasteiger charge is 2.25. The predicted molar refractivity (Wildman–Crippen MR) is 142 cm³/mol. The largest absolute Gasteiger partial charge is 0.454 e. The van der Waals surface area contributed by atoms with Crippen LogP contribution in [-0.2, 0) is 0 Å². The van der Waals surface area contributed by atoms with E-state index < -0.39 is 0 Å². The Labute approximate surface area is 205 Å². The van der Waals surface area contributed by atoms with Crippen LogP contribution in [0.15, 0.2) is 120 Å². The van der Waals surface area contributed by atoms with Crippen LogP contribution in [-0.4, -0.2) is 14.5 Å². The molecule has 0 saturated heterocycles. The Balaban J connectivity index is 1.57. The minimum absolute atomic E-state index is 0.610. The van der Waals surface area contributed by atoms with Crippen molar-refractivity contribution in [1.82, 2.24) is 14.5 Å². The lowest BCUT2D eigenvalue weighted by Gasteiger charge is -2.05. The number of benzene rings is 4. The minimum atomic E-state index is 0.610. The molecule has 4 heterocycles. The Morgan fingerprint density at radius 2 is 1.36 bits per heavy atom. The second-order valence-corrected chi connectivity index (χ2v) is 8.93. The fourth-order valence-electron chi connectivity index (χ4n) is 5.31. The lowest BCUT2D eigenvalue weighted by molar-refractivity contribution is -0.505. The molecule has 5 heteroatoms. The fraction of sp³-hybridized carbons (Fsp3) is 0. The zero-order valence-corrected chi connectivity index (χ0v) is 19.2. The molecule has 5 nitrogen and oxygen atoms in total. The van der Waals surface area contributed by atoms with Crippen LogP contribution in [0.1, 0.15) is 0 Å². The maximum Gasteiger partial charge on any atom is 0.387 e. The van der Waals surface area contributed by atoms with Gasteiger partial charge in [-0.25, -0.2) is 4.57 Å². The zero-order valence-electron chi connectivity index (χ0n) is 19.2. The first-order chi connectivity index (χ1) is 17.9. The van der Waals surface area contributed by atoms with Gasteiger partial charge < -0.3 is 4.42 Å². The Morgan fingerprint density at radius 1 is 0.611 bits per heavy atom. The summed E-state index contributed by atoms with van der Waals surface area (Å²) in [4.78, 5) is 10.2. The molecule has 8 rings (SSSR count). The summed E-state index contributed by atoms with van der Waals surface area (Å²) in [7, 11) is 0. The molecule has 0 saturated carbocycles. The van der Waals surface area contributed by atoms with Crippen molar-refractivity contribution in [2.75, 3.05) is 0 Å². The predicted octanol–water partition coefficient (Wildman–Crippen LogP) is 6.88. The van der Waals surface area contributed by atoms with Gasteiger partial charge in [0.1, 0.15) is 11.1 Å². The number of hydrogen-bond donors (Lipinski definition) is 0. The Morgan fingerprint density at radius 3 is 2.28 bits per heavy atom. The highest BCUT2D eigenvalue weighted by atomic mass is 16.3. The van der Waals surface area contributed by atoms with E-state index in [1.54, 1.807) is 0 Å². The van der Waals surface area contributed by atoms with Gasteiger partial charge in [-0.15, -0.1) is 0 Å². The minimum Gasteiger partial charge on any atom is -0.454 e. The van der Waals surface area contributed by atoms with E-state index in [9.17, 15) is 0 Å². The third kappa shape index (κ3) is 2.62. The van der Waals surface area contributed by atoms with E-state index in [4.69, 9.17) is 14.4 Å². The van der Waals surface area contributed by atoms with Crippen LogP contribution >= 0.6 is 0 Å². The molecule has 0 radical (unpaired) electrons. The molecule has 0 aliphatic carbocycles. The number of para-hydroxylation sites is 2. The van der Waals surface area contributed by atoms with Gasteiger partial charge in [0.2, 0.25) is 0 Å². The van der Waals surface area contributed by atoms with E-state index in [0.29, 0.717) is 5.95 Å². The molecule has 0 spiro atoms. The molecule has 168 valence electrons. The average molecular weight is 464 g/mol. The highest BCUT2D eigenvalue weighted by molar-refractivity contribution is 6.21. The molecule has 0 amide bonds. The molecule has 4 aromatic carbocycles. The topological polar surface area (TPSA) is 48.0 Å². The van der Waals surface area contributed by atoms with Crippen LogP contribution < -0.4 is 4.40 Å². The van der Waals surface area contributed by atoms with E-state index in [0.717, 1.165) is 60.8 Å². The second kappa shape index (κ2) is 7.23. The van der Waals surface area contributed by atoms with Gasteiger partial charge in [0, 0.05) is 27.6 Å². The summed E-state index contributed by atoms with van der Waals surface area (Å²) in [5.41, 5.74) is 5.58. The van der Waals surface area contributed by atoms with Crippen molar-refractivity contribution >= 4 is 49.4 Å². The van der Waals surface area contributed by atoms with Crippen LogP contribution in [0, 0.1) is 0 Å². The lowest BCUT2D eigenvalue weighted by Crippen LogP contribution is -2.28. The van der Waals surface area contributed by atoms with Gasteiger partial charge in [-0.05, 0) is 46.4 Å². The van der Waals surface area contributed by atoms with Crippen molar-refractivity contribution in [3.8, 4) is 17.3 Å². The number of aromatic nitrogens is 4. The number of nitrogens with zero attached hydrogens (tertiary/aromatic N) is 4. The molecule has 8 aromatic rings. The van der Waals surface area contributed by atoms with Gasteiger partial charge in [-0.3, -0.25) is 0 Å². The third-order valence-corrected chi connectivity index (χ3v) is 6.90. The van der Waals surface area contributed by atoms with Gasteiger partial charge in [0.05, 0.1) is 17.3 Å². The van der Waals surface area contributed by atoms with Crippen molar-refractivity contribution in [3.63, 3.8) is 0 Å². The standard InChI is InChI=1S/C31H19N4O/c1-2-10-20(11-3-1)30-33-31(32-27-16-8-9-19-34(27)30)35-25-14-6-4-12-21(25)23-17-18-24-22-13-5-7-15-26(22)36-29(24)28(23)35/h1-19H/q+1. The van der Waals surface area contributed by atoms with Crippen molar-refractivity contribution in [1.29, 1.82) is 0 Å². The van der Waals surface area contributed by atoms with Crippen LogP contribution in [0.25, 0.3) is 66.7 Å². The first-order valence-corrected chi connectivity index (χ1v) is 11.9. The molecule has 0 fully saturated rings. The number of hydrogen-bond acceptors (Lipinski definition) is 3. The van der Waals surface area contributed by atoms with E-state index in [-0.39, 0.29) is 0 Å². The number of fused-ring (bicyclic) bond motifs is 8. The summed E-state index contributed by atoms with van der Waals surface area (Å²) in [6, 6.07) is 37.2. The normalized spacial score (nSPS) is 11.9. The van der Waals surface area contributed by atoms with Crippen LogP contribution in [0.4, 0.5) is 0 Å². The highest BCUT2D eigenvalue weighted by Crippen LogP contribution is 2.39. The Hall–Kier alpha value is -5.03. The first kappa shape index (κ1) is 19.3. The molecule has 0 bridgehead atoms. The second-order valence-electron chi connectivity index (χ2n) is 8.93. The molecule has 0 aliphatic heterocycles. The maximum atomic E-state index is 6.48. The number of furan rings is 1. The Kier molecular flexibility index (Phi) is 3.88. The van der Waals surface area contributed by atoms with Gasteiger partial charge in [0.25, 0.3) is 11.5 Å². The average Bonchev–Trinajstić information content (AvgIpc) is 3.49. The van der Waals surface area contributed by atoms with Gasteiger partial charge in [0.15, 0.2) is 5.58 Å². The molecule has 36 heavy (non-hydrogen) atoms. The van der Waals surface area contributed by atoms with Gasteiger partial charge in [-0.1, -0.05) is 66.7 Å². The maximum absolute atomic E-state index is 6.48. The van der Waals surface area contributed by atoms with E-state index in [2.05, 4.69) is 59.2 Å². The molecular formula is C31H19N4O+. The van der Waals surface area contributed by atoms with Crippen LogP contribution in [0.5, 0.6) is 0 Å². The van der Waals surface area contributed by atoms with Crippen molar-refractivity contribution in [2.24, 2.45) is 0 Å². The molecule has 0 unspecified atom stereocenters. The van der Waals surface area contributed by atoms with E-state index >= 15 is 0 Å². The summed E-state index contributed by atoms with van der Waals surface area (Å²) in [6.45, 7) is 0. The van der Waals surface area contributed by atoms with Gasteiger partial charge in [-0.2, -0.15) is 4.40 Å². The number of pyridine rings is 1. The van der Waals surface area contributed by atoms with Crippen LogP contribution in [0.3, 0.4) is 0 Å².